The SMILES string of the molecule is CCCC1(CCC)CNCCC1O. The zero-order chi connectivity index (χ0) is 9.73. The van der Waals surface area contributed by atoms with Gasteiger partial charge in [0.1, 0.15) is 0 Å². The van der Waals surface area contributed by atoms with E-state index in [1.165, 1.54) is 12.8 Å². The van der Waals surface area contributed by atoms with Crippen molar-refractivity contribution < 1.29 is 5.11 Å². The minimum atomic E-state index is -0.0753. The lowest BCUT2D eigenvalue weighted by atomic mass is 9.71. The van der Waals surface area contributed by atoms with Gasteiger partial charge in [-0.15, -0.1) is 0 Å². The van der Waals surface area contributed by atoms with Gasteiger partial charge >= 0.3 is 0 Å². The summed E-state index contributed by atoms with van der Waals surface area (Å²) >= 11 is 0. The summed E-state index contributed by atoms with van der Waals surface area (Å²) < 4.78 is 0. The van der Waals surface area contributed by atoms with Crippen molar-refractivity contribution in [1.29, 1.82) is 0 Å². The Morgan fingerprint density at radius 2 is 1.92 bits per heavy atom. The summed E-state index contributed by atoms with van der Waals surface area (Å²) in [5.74, 6) is 0. The summed E-state index contributed by atoms with van der Waals surface area (Å²) in [4.78, 5) is 0. The van der Waals surface area contributed by atoms with Crippen molar-refractivity contribution in [2.24, 2.45) is 5.41 Å². The van der Waals surface area contributed by atoms with Gasteiger partial charge in [-0.2, -0.15) is 0 Å². The molecule has 1 aliphatic rings. The molecule has 0 aliphatic carbocycles. The normalized spacial score (nSPS) is 27.5. The molecule has 0 bridgehead atoms. The highest BCUT2D eigenvalue weighted by molar-refractivity contribution is 4.91. The summed E-state index contributed by atoms with van der Waals surface area (Å²) in [6, 6.07) is 0. The Kier molecular flexibility index (Phi) is 4.20. The van der Waals surface area contributed by atoms with E-state index in [-0.39, 0.29) is 11.5 Å². The predicted molar refractivity (Wildman–Crippen MR) is 55.7 cm³/mol. The van der Waals surface area contributed by atoms with Crippen molar-refractivity contribution in [3.63, 3.8) is 0 Å². The van der Waals surface area contributed by atoms with Crippen LogP contribution in [0.15, 0.2) is 0 Å². The smallest absolute Gasteiger partial charge is 0.0620 e. The highest BCUT2D eigenvalue weighted by Gasteiger charge is 2.37. The molecule has 1 atom stereocenters. The Morgan fingerprint density at radius 3 is 2.38 bits per heavy atom. The van der Waals surface area contributed by atoms with E-state index >= 15 is 0 Å². The van der Waals surface area contributed by atoms with Crippen molar-refractivity contribution in [2.45, 2.75) is 52.1 Å². The quantitative estimate of drug-likeness (QED) is 0.701. The molecule has 0 aromatic carbocycles. The monoisotopic (exact) mass is 185 g/mol. The molecule has 0 saturated carbocycles. The van der Waals surface area contributed by atoms with Gasteiger partial charge in [-0.05, 0) is 25.8 Å². The first-order valence-corrected chi connectivity index (χ1v) is 5.64. The van der Waals surface area contributed by atoms with Crippen LogP contribution in [0.25, 0.3) is 0 Å². The molecule has 1 heterocycles. The molecule has 1 rings (SSSR count). The van der Waals surface area contributed by atoms with Crippen molar-refractivity contribution >= 4 is 0 Å². The maximum absolute atomic E-state index is 10.0. The summed E-state index contributed by atoms with van der Waals surface area (Å²) in [6.07, 6.45) is 5.54. The average molecular weight is 185 g/mol. The van der Waals surface area contributed by atoms with Crippen LogP contribution in [-0.2, 0) is 0 Å². The van der Waals surface area contributed by atoms with Gasteiger partial charge in [0.15, 0.2) is 0 Å². The van der Waals surface area contributed by atoms with Crippen LogP contribution in [0.2, 0.25) is 0 Å². The fourth-order valence-corrected chi connectivity index (χ4v) is 2.63. The Morgan fingerprint density at radius 1 is 1.31 bits per heavy atom. The molecule has 2 heteroatoms. The van der Waals surface area contributed by atoms with E-state index in [1.807, 2.05) is 0 Å². The summed E-state index contributed by atoms with van der Waals surface area (Å²) in [5.41, 5.74) is 0.182. The molecule has 2 nitrogen and oxygen atoms in total. The Hall–Kier alpha value is -0.0800. The lowest BCUT2D eigenvalue weighted by Gasteiger charge is -2.42. The number of rotatable bonds is 4. The van der Waals surface area contributed by atoms with E-state index in [0.717, 1.165) is 32.4 Å². The minimum Gasteiger partial charge on any atom is -0.392 e. The Labute approximate surface area is 81.7 Å². The van der Waals surface area contributed by atoms with Gasteiger partial charge in [0.2, 0.25) is 0 Å². The van der Waals surface area contributed by atoms with Crippen LogP contribution in [0.4, 0.5) is 0 Å². The van der Waals surface area contributed by atoms with Gasteiger partial charge in [-0.1, -0.05) is 26.7 Å². The van der Waals surface area contributed by atoms with Gasteiger partial charge in [0.05, 0.1) is 6.10 Å². The second-order valence-corrected chi connectivity index (χ2v) is 4.34. The molecule has 13 heavy (non-hydrogen) atoms. The lowest BCUT2D eigenvalue weighted by molar-refractivity contribution is -0.0139. The van der Waals surface area contributed by atoms with E-state index in [2.05, 4.69) is 19.2 Å². The van der Waals surface area contributed by atoms with Gasteiger partial charge < -0.3 is 10.4 Å². The molecule has 2 N–H and O–H groups in total. The maximum atomic E-state index is 10.0. The molecule has 78 valence electrons. The van der Waals surface area contributed by atoms with E-state index in [9.17, 15) is 5.11 Å². The standard InChI is InChI=1S/C11H23NO/c1-3-6-11(7-4-2)9-12-8-5-10(11)13/h10,12-13H,3-9H2,1-2H3. The molecule has 0 amide bonds. The van der Waals surface area contributed by atoms with Crippen molar-refractivity contribution in [3.8, 4) is 0 Å². The molecule has 0 radical (unpaired) electrons. The molecule has 1 aliphatic heterocycles. The molecule has 1 unspecified atom stereocenters. The maximum Gasteiger partial charge on any atom is 0.0620 e. The van der Waals surface area contributed by atoms with Gasteiger partial charge in [-0.25, -0.2) is 0 Å². The summed E-state index contributed by atoms with van der Waals surface area (Å²) in [6.45, 7) is 6.41. The number of piperidine rings is 1. The van der Waals surface area contributed by atoms with E-state index < -0.39 is 0 Å². The van der Waals surface area contributed by atoms with Crippen LogP contribution in [0.1, 0.15) is 46.0 Å². The number of hydrogen-bond acceptors (Lipinski definition) is 2. The third-order valence-corrected chi connectivity index (χ3v) is 3.27. The predicted octanol–water partition coefficient (Wildman–Crippen LogP) is 1.93. The van der Waals surface area contributed by atoms with Crippen molar-refractivity contribution in [3.05, 3.63) is 0 Å². The number of nitrogens with one attached hydrogen (secondary N) is 1. The highest BCUT2D eigenvalue weighted by atomic mass is 16.3. The molecule has 0 aromatic heterocycles. The molecule has 1 fully saturated rings. The fourth-order valence-electron chi connectivity index (χ4n) is 2.63. The molecule has 1 saturated heterocycles. The highest BCUT2D eigenvalue weighted by Crippen LogP contribution is 2.36. The Bertz CT molecular complexity index is 136. The van der Waals surface area contributed by atoms with Gasteiger partial charge in [-0.3, -0.25) is 0 Å². The minimum absolute atomic E-state index is 0.0753. The second kappa shape index (κ2) is 4.97. The molecule has 0 spiro atoms. The fraction of sp³-hybridized carbons (Fsp3) is 1.00. The van der Waals surface area contributed by atoms with E-state index in [4.69, 9.17) is 0 Å². The third kappa shape index (κ3) is 2.44. The topological polar surface area (TPSA) is 32.3 Å². The molecular weight excluding hydrogens is 162 g/mol. The molecular formula is C11H23NO. The zero-order valence-corrected chi connectivity index (χ0v) is 8.97. The first kappa shape index (κ1) is 11.0. The Balaban J connectivity index is 2.61. The van der Waals surface area contributed by atoms with Crippen LogP contribution in [0.3, 0.4) is 0 Å². The first-order valence-electron chi connectivity index (χ1n) is 5.64. The summed E-state index contributed by atoms with van der Waals surface area (Å²) in [7, 11) is 0. The first-order chi connectivity index (χ1) is 6.25. The van der Waals surface area contributed by atoms with Crippen molar-refractivity contribution in [1.82, 2.24) is 5.32 Å². The number of aliphatic hydroxyl groups excluding tert-OH is 1. The van der Waals surface area contributed by atoms with Crippen molar-refractivity contribution in [2.75, 3.05) is 13.1 Å². The third-order valence-electron chi connectivity index (χ3n) is 3.27. The zero-order valence-electron chi connectivity index (χ0n) is 8.97. The number of aliphatic hydroxyl groups is 1. The largest absolute Gasteiger partial charge is 0.392 e. The van der Waals surface area contributed by atoms with Crippen LogP contribution < -0.4 is 5.32 Å². The van der Waals surface area contributed by atoms with E-state index in [1.54, 1.807) is 0 Å². The van der Waals surface area contributed by atoms with Crippen LogP contribution in [0.5, 0.6) is 0 Å². The van der Waals surface area contributed by atoms with Gasteiger partial charge in [0.25, 0.3) is 0 Å². The van der Waals surface area contributed by atoms with E-state index in [0.29, 0.717) is 0 Å². The second-order valence-electron chi connectivity index (χ2n) is 4.34. The lowest BCUT2D eigenvalue weighted by Crippen LogP contribution is -2.49. The van der Waals surface area contributed by atoms with Gasteiger partial charge in [0, 0.05) is 12.0 Å². The van der Waals surface area contributed by atoms with Crippen LogP contribution in [-0.4, -0.2) is 24.3 Å². The number of hydrogen-bond donors (Lipinski definition) is 2. The van der Waals surface area contributed by atoms with Crippen LogP contribution in [0, 0.1) is 5.41 Å². The summed E-state index contributed by atoms with van der Waals surface area (Å²) in [5, 5.41) is 13.5. The van der Waals surface area contributed by atoms with Crippen LogP contribution >= 0.6 is 0 Å². The average Bonchev–Trinajstić information content (AvgIpc) is 2.11. The molecule has 0 aromatic rings.